The predicted molar refractivity (Wildman–Crippen MR) is 87.5 cm³/mol. The van der Waals surface area contributed by atoms with Gasteiger partial charge in [-0.05, 0) is 37.5 Å². The van der Waals surface area contributed by atoms with Crippen LogP contribution in [0, 0.1) is 0 Å². The molecule has 1 N–H and O–H groups in total. The van der Waals surface area contributed by atoms with Gasteiger partial charge in [0.25, 0.3) is 5.91 Å². The van der Waals surface area contributed by atoms with Gasteiger partial charge >= 0.3 is 0 Å². The molecule has 0 saturated carbocycles. The van der Waals surface area contributed by atoms with E-state index in [9.17, 15) is 4.79 Å². The minimum absolute atomic E-state index is 0.261. The van der Waals surface area contributed by atoms with E-state index in [-0.39, 0.29) is 5.91 Å². The molecular formula is C16H17ClN4O. The highest BCUT2D eigenvalue weighted by molar-refractivity contribution is 6.30. The maximum Gasteiger partial charge on any atom is 0.274 e. The molecule has 1 aromatic carbocycles. The van der Waals surface area contributed by atoms with Crippen LogP contribution in [-0.2, 0) is 0 Å². The zero-order chi connectivity index (χ0) is 15.4. The lowest BCUT2D eigenvalue weighted by atomic mass is 10.1. The molecule has 1 aromatic heterocycles. The van der Waals surface area contributed by atoms with E-state index in [4.69, 9.17) is 11.6 Å². The van der Waals surface area contributed by atoms with Crippen LogP contribution < -0.4 is 10.2 Å². The highest BCUT2D eigenvalue weighted by Crippen LogP contribution is 2.19. The van der Waals surface area contributed by atoms with Crippen molar-refractivity contribution in [2.24, 2.45) is 0 Å². The van der Waals surface area contributed by atoms with E-state index in [1.54, 1.807) is 30.3 Å². The lowest BCUT2D eigenvalue weighted by Gasteiger charge is -2.27. The molecule has 1 fully saturated rings. The van der Waals surface area contributed by atoms with Crippen molar-refractivity contribution in [2.45, 2.75) is 19.3 Å². The van der Waals surface area contributed by atoms with Crippen molar-refractivity contribution < 1.29 is 4.79 Å². The fourth-order valence-electron chi connectivity index (χ4n) is 2.53. The minimum Gasteiger partial charge on any atom is -0.357 e. The highest BCUT2D eigenvalue weighted by Gasteiger charge is 2.15. The van der Waals surface area contributed by atoms with Gasteiger partial charge in [0.1, 0.15) is 17.8 Å². The van der Waals surface area contributed by atoms with Gasteiger partial charge in [-0.2, -0.15) is 0 Å². The van der Waals surface area contributed by atoms with Gasteiger partial charge in [-0.25, -0.2) is 9.97 Å². The largest absolute Gasteiger partial charge is 0.357 e. The summed E-state index contributed by atoms with van der Waals surface area (Å²) in [5, 5.41) is 3.38. The van der Waals surface area contributed by atoms with E-state index in [1.807, 2.05) is 0 Å². The van der Waals surface area contributed by atoms with Crippen LogP contribution >= 0.6 is 11.6 Å². The molecule has 1 aliphatic rings. The van der Waals surface area contributed by atoms with Gasteiger partial charge in [0, 0.05) is 29.9 Å². The molecule has 114 valence electrons. The van der Waals surface area contributed by atoms with E-state index in [0.29, 0.717) is 16.4 Å². The Morgan fingerprint density at radius 3 is 2.73 bits per heavy atom. The Hall–Kier alpha value is -2.14. The highest BCUT2D eigenvalue weighted by atomic mass is 35.5. The summed E-state index contributed by atoms with van der Waals surface area (Å²) in [4.78, 5) is 22.8. The number of hydrogen-bond acceptors (Lipinski definition) is 4. The number of aromatic nitrogens is 2. The first-order chi connectivity index (χ1) is 10.7. The molecule has 1 aliphatic heterocycles. The van der Waals surface area contributed by atoms with Crippen molar-refractivity contribution in [1.29, 1.82) is 0 Å². The van der Waals surface area contributed by atoms with E-state index in [1.165, 1.54) is 12.7 Å². The van der Waals surface area contributed by atoms with E-state index < -0.39 is 0 Å². The Morgan fingerprint density at radius 1 is 1.14 bits per heavy atom. The van der Waals surface area contributed by atoms with Crippen molar-refractivity contribution in [3.63, 3.8) is 0 Å². The third-order valence-electron chi connectivity index (χ3n) is 3.65. The van der Waals surface area contributed by atoms with Crippen LogP contribution in [0.2, 0.25) is 5.02 Å². The van der Waals surface area contributed by atoms with Crippen molar-refractivity contribution >= 4 is 29.0 Å². The normalized spacial score (nSPS) is 14.7. The number of piperidine rings is 1. The SMILES string of the molecule is O=C(Nc1cccc(Cl)c1)c1cc(N2CCCCC2)ncn1. The summed E-state index contributed by atoms with van der Waals surface area (Å²) in [7, 11) is 0. The lowest BCUT2D eigenvalue weighted by molar-refractivity contribution is 0.102. The Morgan fingerprint density at radius 2 is 1.95 bits per heavy atom. The molecule has 0 unspecified atom stereocenters. The fourth-order valence-corrected chi connectivity index (χ4v) is 2.72. The van der Waals surface area contributed by atoms with Crippen molar-refractivity contribution in [3.8, 4) is 0 Å². The zero-order valence-electron chi connectivity index (χ0n) is 12.1. The Balaban J connectivity index is 1.75. The van der Waals surface area contributed by atoms with Crippen molar-refractivity contribution in [1.82, 2.24) is 9.97 Å². The Bertz CT molecular complexity index is 671. The first-order valence-electron chi connectivity index (χ1n) is 7.36. The second-order valence-electron chi connectivity index (χ2n) is 5.27. The number of anilines is 2. The van der Waals surface area contributed by atoms with Gasteiger partial charge in [0.05, 0.1) is 0 Å². The summed E-state index contributed by atoms with van der Waals surface area (Å²) in [6.07, 6.45) is 5.02. The number of halogens is 1. The average Bonchev–Trinajstić information content (AvgIpc) is 2.56. The molecule has 5 nitrogen and oxygen atoms in total. The third kappa shape index (κ3) is 3.54. The van der Waals surface area contributed by atoms with Gasteiger partial charge in [0.15, 0.2) is 0 Å². The smallest absolute Gasteiger partial charge is 0.274 e. The molecule has 6 heteroatoms. The van der Waals surface area contributed by atoms with Crippen molar-refractivity contribution in [3.05, 3.63) is 47.4 Å². The Kier molecular flexibility index (Phi) is 4.53. The minimum atomic E-state index is -0.261. The van der Waals surface area contributed by atoms with Crippen LogP contribution in [0.5, 0.6) is 0 Å². The van der Waals surface area contributed by atoms with Gasteiger partial charge in [0.2, 0.25) is 0 Å². The first-order valence-corrected chi connectivity index (χ1v) is 7.74. The molecule has 22 heavy (non-hydrogen) atoms. The standard InChI is InChI=1S/C16H17ClN4O/c17-12-5-4-6-13(9-12)20-16(22)14-10-15(19-11-18-14)21-7-2-1-3-8-21/h4-6,9-11H,1-3,7-8H2,(H,20,22). The molecule has 0 aliphatic carbocycles. The van der Waals surface area contributed by atoms with Crippen LogP contribution in [0.15, 0.2) is 36.7 Å². The molecule has 2 aromatic rings. The number of benzene rings is 1. The summed E-state index contributed by atoms with van der Waals surface area (Å²) in [6.45, 7) is 1.96. The zero-order valence-corrected chi connectivity index (χ0v) is 12.9. The number of rotatable bonds is 3. The molecule has 1 saturated heterocycles. The van der Waals surface area contributed by atoms with Crippen LogP contribution in [0.25, 0.3) is 0 Å². The summed E-state index contributed by atoms with van der Waals surface area (Å²) in [5.41, 5.74) is 1.01. The molecular weight excluding hydrogens is 300 g/mol. The average molecular weight is 317 g/mol. The molecule has 0 bridgehead atoms. The topological polar surface area (TPSA) is 58.1 Å². The summed E-state index contributed by atoms with van der Waals surface area (Å²) in [5.74, 6) is 0.550. The van der Waals surface area contributed by atoms with Crippen LogP contribution in [0.1, 0.15) is 29.8 Å². The van der Waals surface area contributed by atoms with E-state index >= 15 is 0 Å². The summed E-state index contributed by atoms with van der Waals surface area (Å²) in [6, 6.07) is 8.78. The van der Waals surface area contributed by atoms with Crippen molar-refractivity contribution in [2.75, 3.05) is 23.3 Å². The molecule has 0 spiro atoms. The van der Waals surface area contributed by atoms with Gasteiger partial charge in [-0.1, -0.05) is 17.7 Å². The number of hydrogen-bond donors (Lipinski definition) is 1. The Labute approximate surface area is 134 Å². The van der Waals surface area contributed by atoms with Crippen LogP contribution in [0.3, 0.4) is 0 Å². The molecule has 0 atom stereocenters. The molecule has 1 amide bonds. The van der Waals surface area contributed by atoms with Gasteiger partial charge < -0.3 is 10.2 Å². The third-order valence-corrected chi connectivity index (χ3v) is 3.88. The monoisotopic (exact) mass is 316 g/mol. The van der Waals surface area contributed by atoms with Gasteiger partial charge in [-0.3, -0.25) is 4.79 Å². The summed E-state index contributed by atoms with van der Waals surface area (Å²) >= 11 is 5.92. The van der Waals surface area contributed by atoms with E-state index in [0.717, 1.165) is 31.7 Å². The predicted octanol–water partition coefficient (Wildman–Crippen LogP) is 3.37. The number of carbonyl (C=O) groups is 1. The number of carbonyl (C=O) groups excluding carboxylic acids is 1. The van der Waals surface area contributed by atoms with Crippen LogP contribution in [-0.4, -0.2) is 29.0 Å². The molecule has 0 radical (unpaired) electrons. The molecule has 2 heterocycles. The number of nitrogens with zero attached hydrogens (tertiary/aromatic N) is 3. The molecule has 3 rings (SSSR count). The van der Waals surface area contributed by atoms with Gasteiger partial charge in [-0.15, -0.1) is 0 Å². The second kappa shape index (κ2) is 6.75. The lowest BCUT2D eigenvalue weighted by Crippen LogP contribution is -2.30. The summed E-state index contributed by atoms with van der Waals surface area (Å²) < 4.78 is 0. The quantitative estimate of drug-likeness (QED) is 0.943. The van der Waals surface area contributed by atoms with Crippen LogP contribution in [0.4, 0.5) is 11.5 Å². The maximum absolute atomic E-state index is 12.3. The fraction of sp³-hybridized carbons (Fsp3) is 0.312. The van der Waals surface area contributed by atoms with E-state index in [2.05, 4.69) is 20.2 Å². The maximum atomic E-state index is 12.3. The first kappa shape index (κ1) is 14.8. The second-order valence-corrected chi connectivity index (χ2v) is 5.71. The number of nitrogens with one attached hydrogen (secondary N) is 1. The number of amides is 1.